The number of rotatable bonds is 1. The molecule has 90 valence electrons. The summed E-state index contributed by atoms with van der Waals surface area (Å²) >= 11 is 0. The van der Waals surface area contributed by atoms with Crippen LogP contribution in [0.4, 0.5) is 5.69 Å². The van der Waals surface area contributed by atoms with Gasteiger partial charge >= 0.3 is 5.97 Å². The molecule has 6 heteroatoms. The van der Waals surface area contributed by atoms with Gasteiger partial charge in [-0.15, -0.1) is 0 Å². The molecule has 1 amide bonds. The molecule has 0 aromatic heterocycles. The van der Waals surface area contributed by atoms with Gasteiger partial charge in [0.25, 0.3) is 0 Å². The molecule has 1 aliphatic heterocycles. The molecule has 0 fully saturated rings. The number of anilines is 1. The third kappa shape index (κ3) is 2.21. The Morgan fingerprint density at radius 3 is 3.06 bits per heavy atom. The molecule has 1 atom stereocenters. The standard InChI is InChI=1S/C11H12N2O4/c1-16-11(15)6-2-3-9-8(4-6)13-10(14)7(12)5-17-9/h2-4,7H,5,12H2,1H3,(H,13,14)/t7-/m0/s1. The summed E-state index contributed by atoms with van der Waals surface area (Å²) in [6.45, 7) is 0.108. The van der Waals surface area contributed by atoms with Crippen molar-refractivity contribution in [2.45, 2.75) is 6.04 Å². The lowest BCUT2D eigenvalue weighted by molar-refractivity contribution is -0.117. The number of carbonyl (C=O) groups is 2. The summed E-state index contributed by atoms with van der Waals surface area (Å²) in [6.07, 6.45) is 0. The van der Waals surface area contributed by atoms with Crippen molar-refractivity contribution in [2.75, 3.05) is 19.0 Å². The lowest BCUT2D eigenvalue weighted by atomic mass is 10.2. The Morgan fingerprint density at radius 1 is 1.59 bits per heavy atom. The van der Waals surface area contributed by atoms with Gasteiger partial charge in [-0.05, 0) is 18.2 Å². The maximum Gasteiger partial charge on any atom is 0.337 e. The summed E-state index contributed by atoms with van der Waals surface area (Å²) in [5.74, 6) is -0.333. The molecule has 0 saturated carbocycles. The van der Waals surface area contributed by atoms with Gasteiger partial charge in [0.15, 0.2) is 0 Å². The van der Waals surface area contributed by atoms with Gasteiger partial charge in [-0.1, -0.05) is 0 Å². The summed E-state index contributed by atoms with van der Waals surface area (Å²) in [6, 6.07) is 3.94. The predicted octanol–water partition coefficient (Wildman–Crippen LogP) is 0.131. The Balaban J connectivity index is 2.35. The normalized spacial score (nSPS) is 18.5. The fraction of sp³-hybridized carbons (Fsp3) is 0.273. The van der Waals surface area contributed by atoms with Crippen molar-refractivity contribution in [1.82, 2.24) is 0 Å². The van der Waals surface area contributed by atoms with E-state index in [9.17, 15) is 9.59 Å². The van der Waals surface area contributed by atoms with Crippen LogP contribution in [0, 0.1) is 0 Å². The molecule has 1 aromatic carbocycles. The van der Waals surface area contributed by atoms with Gasteiger partial charge in [0, 0.05) is 0 Å². The van der Waals surface area contributed by atoms with Gasteiger partial charge in [-0.25, -0.2) is 4.79 Å². The van der Waals surface area contributed by atoms with Gasteiger partial charge in [-0.3, -0.25) is 4.79 Å². The molecule has 2 rings (SSSR count). The number of nitrogens with two attached hydrogens (primary N) is 1. The monoisotopic (exact) mass is 236 g/mol. The Bertz CT molecular complexity index is 473. The van der Waals surface area contributed by atoms with Crippen LogP contribution in [0.3, 0.4) is 0 Å². The molecule has 1 aliphatic rings. The minimum absolute atomic E-state index is 0.108. The van der Waals surface area contributed by atoms with Crippen molar-refractivity contribution in [3.8, 4) is 5.75 Å². The van der Waals surface area contributed by atoms with Crippen LogP contribution < -0.4 is 15.8 Å². The number of hydrogen-bond donors (Lipinski definition) is 2. The predicted molar refractivity (Wildman–Crippen MR) is 59.9 cm³/mol. The first-order chi connectivity index (χ1) is 8.11. The zero-order valence-corrected chi connectivity index (χ0v) is 9.23. The van der Waals surface area contributed by atoms with Crippen LogP contribution >= 0.6 is 0 Å². The van der Waals surface area contributed by atoms with E-state index >= 15 is 0 Å². The van der Waals surface area contributed by atoms with E-state index in [4.69, 9.17) is 10.5 Å². The van der Waals surface area contributed by atoms with Crippen molar-refractivity contribution in [3.63, 3.8) is 0 Å². The van der Waals surface area contributed by atoms with Gasteiger partial charge in [0.1, 0.15) is 18.4 Å². The fourth-order valence-corrected chi connectivity index (χ4v) is 1.48. The molecule has 0 bridgehead atoms. The third-order valence-electron chi connectivity index (χ3n) is 2.41. The molecule has 6 nitrogen and oxygen atoms in total. The molecule has 0 spiro atoms. The van der Waals surface area contributed by atoms with Crippen LogP contribution in [0.5, 0.6) is 5.75 Å². The van der Waals surface area contributed by atoms with Crippen molar-refractivity contribution in [3.05, 3.63) is 23.8 Å². The molecule has 1 aromatic rings. The number of methoxy groups -OCH3 is 1. The van der Waals surface area contributed by atoms with Crippen LogP contribution in [0.1, 0.15) is 10.4 Å². The average Bonchev–Trinajstić information content (AvgIpc) is 2.48. The minimum atomic E-state index is -0.719. The smallest absolute Gasteiger partial charge is 0.337 e. The van der Waals surface area contributed by atoms with Crippen molar-refractivity contribution in [2.24, 2.45) is 5.73 Å². The second kappa shape index (κ2) is 4.42. The molecule has 0 saturated heterocycles. The number of carbonyl (C=O) groups excluding carboxylic acids is 2. The molecule has 17 heavy (non-hydrogen) atoms. The number of hydrogen-bond acceptors (Lipinski definition) is 5. The van der Waals surface area contributed by atoms with Crippen LogP contribution in [0.15, 0.2) is 18.2 Å². The van der Waals surface area contributed by atoms with E-state index in [1.54, 1.807) is 12.1 Å². The van der Waals surface area contributed by atoms with E-state index in [1.165, 1.54) is 13.2 Å². The summed E-state index contributed by atoms with van der Waals surface area (Å²) in [7, 11) is 1.29. The van der Waals surface area contributed by atoms with Crippen molar-refractivity contribution < 1.29 is 19.1 Å². The van der Waals surface area contributed by atoms with E-state index in [2.05, 4.69) is 10.1 Å². The lowest BCUT2D eigenvalue weighted by Gasteiger charge is -2.08. The summed E-state index contributed by atoms with van der Waals surface area (Å²) in [4.78, 5) is 22.8. The zero-order valence-electron chi connectivity index (χ0n) is 9.23. The van der Waals surface area contributed by atoms with E-state index in [0.717, 1.165) is 0 Å². The SMILES string of the molecule is COC(=O)c1ccc2c(c1)NC(=O)[C@@H](N)CO2. The fourth-order valence-electron chi connectivity index (χ4n) is 1.48. The van der Waals surface area contributed by atoms with Crippen molar-refractivity contribution in [1.29, 1.82) is 0 Å². The minimum Gasteiger partial charge on any atom is -0.489 e. The second-order valence-electron chi connectivity index (χ2n) is 3.61. The Hall–Kier alpha value is -2.08. The second-order valence-corrected chi connectivity index (χ2v) is 3.61. The number of esters is 1. The van der Waals surface area contributed by atoms with Crippen LogP contribution in [-0.2, 0) is 9.53 Å². The van der Waals surface area contributed by atoms with E-state index in [0.29, 0.717) is 17.0 Å². The van der Waals surface area contributed by atoms with E-state index in [1.807, 2.05) is 0 Å². The summed E-state index contributed by atoms with van der Waals surface area (Å²) < 4.78 is 9.93. The highest BCUT2D eigenvalue weighted by Crippen LogP contribution is 2.28. The highest BCUT2D eigenvalue weighted by Gasteiger charge is 2.22. The van der Waals surface area contributed by atoms with Crippen LogP contribution in [-0.4, -0.2) is 31.6 Å². The average molecular weight is 236 g/mol. The summed E-state index contributed by atoms with van der Waals surface area (Å²) in [5.41, 5.74) is 6.31. The maximum absolute atomic E-state index is 11.5. The first-order valence-corrected chi connectivity index (χ1v) is 5.03. The van der Waals surface area contributed by atoms with E-state index in [-0.39, 0.29) is 12.5 Å². The zero-order chi connectivity index (χ0) is 12.4. The lowest BCUT2D eigenvalue weighted by Crippen LogP contribution is -2.38. The number of benzene rings is 1. The van der Waals surface area contributed by atoms with Gasteiger partial charge in [0.2, 0.25) is 5.91 Å². The Morgan fingerprint density at radius 2 is 2.35 bits per heavy atom. The largest absolute Gasteiger partial charge is 0.489 e. The Labute approximate surface area is 97.7 Å². The van der Waals surface area contributed by atoms with Gasteiger partial charge in [-0.2, -0.15) is 0 Å². The third-order valence-corrected chi connectivity index (χ3v) is 2.41. The van der Waals surface area contributed by atoms with Crippen molar-refractivity contribution >= 4 is 17.6 Å². The number of amides is 1. The number of ether oxygens (including phenoxy) is 2. The summed E-state index contributed by atoms with van der Waals surface area (Å²) in [5, 5.41) is 2.59. The number of nitrogens with one attached hydrogen (secondary N) is 1. The first-order valence-electron chi connectivity index (χ1n) is 5.03. The molecule has 0 unspecified atom stereocenters. The molecule has 0 radical (unpaired) electrons. The van der Waals surface area contributed by atoms with Gasteiger partial charge in [0.05, 0.1) is 18.4 Å². The number of fused-ring (bicyclic) bond motifs is 1. The van der Waals surface area contributed by atoms with Crippen LogP contribution in [0.2, 0.25) is 0 Å². The highest BCUT2D eigenvalue weighted by atomic mass is 16.5. The molecule has 3 N–H and O–H groups in total. The highest BCUT2D eigenvalue weighted by molar-refractivity contribution is 5.99. The van der Waals surface area contributed by atoms with E-state index < -0.39 is 12.0 Å². The Kier molecular flexibility index (Phi) is 2.97. The molecule has 0 aliphatic carbocycles. The molecular formula is C11H12N2O4. The topological polar surface area (TPSA) is 90.7 Å². The van der Waals surface area contributed by atoms with Crippen LogP contribution in [0.25, 0.3) is 0 Å². The maximum atomic E-state index is 11.5. The first kappa shape index (κ1) is 11.4. The quantitative estimate of drug-likeness (QED) is 0.676. The molecular weight excluding hydrogens is 224 g/mol. The molecule has 1 heterocycles. The van der Waals surface area contributed by atoms with Gasteiger partial charge < -0.3 is 20.5 Å².